The molecule has 0 bridgehead atoms. The Morgan fingerprint density at radius 2 is 2.14 bits per heavy atom. The number of oxime groups is 1. The van der Waals surface area contributed by atoms with E-state index in [1.807, 2.05) is 24.3 Å². The van der Waals surface area contributed by atoms with Gasteiger partial charge in [0.1, 0.15) is 11.9 Å². The number of rotatable bonds is 4. The summed E-state index contributed by atoms with van der Waals surface area (Å²) in [6.07, 6.45) is 4.30. The standard InChI is InChI=1S/C11H13NO2/c1-13-11-5-3-2-4-9(11)8-12-14-10-6-7-10/h2-5,8,10H,6-7H2,1H3. The van der Waals surface area contributed by atoms with Gasteiger partial charge in [0.2, 0.25) is 0 Å². The van der Waals surface area contributed by atoms with Crippen molar-refractivity contribution in [1.29, 1.82) is 0 Å². The highest BCUT2D eigenvalue weighted by molar-refractivity contribution is 5.82. The lowest BCUT2D eigenvalue weighted by Gasteiger charge is -2.02. The van der Waals surface area contributed by atoms with Crippen LogP contribution in [0.15, 0.2) is 29.4 Å². The van der Waals surface area contributed by atoms with E-state index in [-0.39, 0.29) is 0 Å². The summed E-state index contributed by atoms with van der Waals surface area (Å²) in [5.74, 6) is 0.815. The summed E-state index contributed by atoms with van der Waals surface area (Å²) in [6, 6.07) is 7.72. The summed E-state index contributed by atoms with van der Waals surface area (Å²) < 4.78 is 5.17. The van der Waals surface area contributed by atoms with E-state index in [1.165, 1.54) is 0 Å². The molecule has 3 heteroatoms. The van der Waals surface area contributed by atoms with Crippen molar-refractivity contribution in [2.75, 3.05) is 7.11 Å². The van der Waals surface area contributed by atoms with Gasteiger partial charge in [-0.25, -0.2) is 0 Å². The fraction of sp³-hybridized carbons (Fsp3) is 0.364. The number of hydrogen-bond donors (Lipinski definition) is 0. The molecule has 1 aromatic rings. The Kier molecular flexibility index (Phi) is 2.68. The van der Waals surface area contributed by atoms with Crippen LogP contribution >= 0.6 is 0 Å². The van der Waals surface area contributed by atoms with Crippen LogP contribution in [-0.2, 0) is 4.84 Å². The molecule has 1 saturated carbocycles. The quantitative estimate of drug-likeness (QED) is 0.539. The van der Waals surface area contributed by atoms with E-state index in [1.54, 1.807) is 13.3 Å². The number of methoxy groups -OCH3 is 1. The first-order valence-electron chi connectivity index (χ1n) is 4.72. The van der Waals surface area contributed by atoms with Crippen molar-refractivity contribution in [3.05, 3.63) is 29.8 Å². The number of benzene rings is 1. The maximum absolute atomic E-state index is 5.17. The molecule has 1 fully saturated rings. The minimum absolute atomic E-state index is 0.348. The van der Waals surface area contributed by atoms with Gasteiger partial charge in [-0.1, -0.05) is 17.3 Å². The van der Waals surface area contributed by atoms with Gasteiger partial charge in [0.05, 0.1) is 13.3 Å². The third-order valence-corrected chi connectivity index (χ3v) is 2.07. The highest BCUT2D eigenvalue weighted by atomic mass is 16.6. The molecule has 0 heterocycles. The topological polar surface area (TPSA) is 30.8 Å². The van der Waals surface area contributed by atoms with Crippen molar-refractivity contribution >= 4 is 6.21 Å². The Bertz CT molecular complexity index is 332. The maximum atomic E-state index is 5.17. The minimum Gasteiger partial charge on any atom is -0.496 e. The Balaban J connectivity index is 2.02. The average molecular weight is 191 g/mol. The van der Waals surface area contributed by atoms with E-state index in [0.29, 0.717) is 6.10 Å². The third kappa shape index (κ3) is 2.25. The van der Waals surface area contributed by atoms with E-state index < -0.39 is 0 Å². The van der Waals surface area contributed by atoms with Crippen LogP contribution in [0.5, 0.6) is 5.75 Å². The predicted octanol–water partition coefficient (Wildman–Crippen LogP) is 2.21. The van der Waals surface area contributed by atoms with E-state index in [9.17, 15) is 0 Å². The zero-order valence-electron chi connectivity index (χ0n) is 8.14. The molecule has 0 spiro atoms. The zero-order chi connectivity index (χ0) is 9.80. The molecule has 0 saturated heterocycles. The maximum Gasteiger partial charge on any atom is 0.127 e. The van der Waals surface area contributed by atoms with E-state index in [4.69, 9.17) is 9.57 Å². The highest BCUT2D eigenvalue weighted by Gasteiger charge is 2.23. The summed E-state index contributed by atoms with van der Waals surface area (Å²) in [7, 11) is 1.65. The lowest BCUT2D eigenvalue weighted by Crippen LogP contribution is -1.91. The second kappa shape index (κ2) is 4.13. The lowest BCUT2D eigenvalue weighted by molar-refractivity contribution is 0.130. The van der Waals surface area contributed by atoms with Crippen LogP contribution < -0.4 is 4.74 Å². The monoisotopic (exact) mass is 191 g/mol. The fourth-order valence-corrected chi connectivity index (χ4v) is 1.12. The molecule has 74 valence electrons. The highest BCUT2D eigenvalue weighted by Crippen LogP contribution is 2.23. The Labute approximate surface area is 83.3 Å². The summed E-state index contributed by atoms with van der Waals surface area (Å²) in [5.41, 5.74) is 0.940. The van der Waals surface area contributed by atoms with Crippen LogP contribution in [0.2, 0.25) is 0 Å². The van der Waals surface area contributed by atoms with Crippen molar-refractivity contribution in [3.63, 3.8) is 0 Å². The van der Waals surface area contributed by atoms with Gasteiger partial charge >= 0.3 is 0 Å². The smallest absolute Gasteiger partial charge is 0.127 e. The molecule has 1 aliphatic carbocycles. The molecule has 0 unspecified atom stereocenters. The zero-order valence-corrected chi connectivity index (χ0v) is 8.14. The fourth-order valence-electron chi connectivity index (χ4n) is 1.12. The first-order valence-corrected chi connectivity index (χ1v) is 4.72. The molecule has 2 rings (SSSR count). The van der Waals surface area contributed by atoms with Gasteiger partial charge in [-0.3, -0.25) is 0 Å². The summed E-state index contributed by atoms with van der Waals surface area (Å²) in [5, 5.41) is 3.91. The summed E-state index contributed by atoms with van der Waals surface area (Å²) in [6.45, 7) is 0. The first kappa shape index (κ1) is 9.06. The SMILES string of the molecule is COc1ccccc1C=NOC1CC1. The number of para-hydroxylation sites is 1. The van der Waals surface area contributed by atoms with Crippen LogP contribution in [0, 0.1) is 0 Å². The molecular formula is C11H13NO2. The van der Waals surface area contributed by atoms with E-state index in [0.717, 1.165) is 24.2 Å². The minimum atomic E-state index is 0.348. The van der Waals surface area contributed by atoms with Crippen molar-refractivity contribution < 1.29 is 9.57 Å². The number of ether oxygens (including phenoxy) is 1. The van der Waals surface area contributed by atoms with Crippen molar-refractivity contribution in [3.8, 4) is 5.75 Å². The Morgan fingerprint density at radius 1 is 1.36 bits per heavy atom. The molecule has 3 nitrogen and oxygen atoms in total. The number of nitrogens with zero attached hydrogens (tertiary/aromatic N) is 1. The lowest BCUT2D eigenvalue weighted by atomic mass is 10.2. The van der Waals surface area contributed by atoms with Crippen LogP contribution in [0.25, 0.3) is 0 Å². The van der Waals surface area contributed by atoms with Gasteiger partial charge in [-0.15, -0.1) is 0 Å². The van der Waals surface area contributed by atoms with E-state index >= 15 is 0 Å². The van der Waals surface area contributed by atoms with Gasteiger partial charge in [0.15, 0.2) is 0 Å². The van der Waals surface area contributed by atoms with E-state index in [2.05, 4.69) is 5.16 Å². The second-order valence-electron chi connectivity index (χ2n) is 3.28. The van der Waals surface area contributed by atoms with Crippen LogP contribution in [-0.4, -0.2) is 19.4 Å². The normalized spacial score (nSPS) is 15.8. The molecule has 14 heavy (non-hydrogen) atoms. The molecule has 0 atom stereocenters. The van der Waals surface area contributed by atoms with Gasteiger partial charge in [-0.05, 0) is 25.0 Å². The van der Waals surface area contributed by atoms with Crippen LogP contribution in [0.3, 0.4) is 0 Å². The van der Waals surface area contributed by atoms with Gasteiger partial charge in [0.25, 0.3) is 0 Å². The molecule has 0 aliphatic heterocycles. The molecule has 0 aromatic heterocycles. The molecule has 0 radical (unpaired) electrons. The average Bonchev–Trinajstić information content (AvgIpc) is 3.03. The van der Waals surface area contributed by atoms with Gasteiger partial charge in [0, 0.05) is 5.56 Å². The van der Waals surface area contributed by atoms with Gasteiger partial charge in [-0.2, -0.15) is 0 Å². The van der Waals surface area contributed by atoms with Gasteiger partial charge < -0.3 is 9.57 Å². The van der Waals surface area contributed by atoms with Crippen molar-refractivity contribution in [2.45, 2.75) is 18.9 Å². The first-order chi connectivity index (χ1) is 6.90. The summed E-state index contributed by atoms with van der Waals surface area (Å²) >= 11 is 0. The van der Waals surface area contributed by atoms with Crippen molar-refractivity contribution in [2.24, 2.45) is 5.16 Å². The number of hydrogen-bond acceptors (Lipinski definition) is 3. The Hall–Kier alpha value is -1.51. The Morgan fingerprint density at radius 3 is 2.86 bits per heavy atom. The second-order valence-corrected chi connectivity index (χ2v) is 3.28. The largest absolute Gasteiger partial charge is 0.496 e. The predicted molar refractivity (Wildman–Crippen MR) is 54.7 cm³/mol. The molecule has 1 aliphatic rings. The van der Waals surface area contributed by atoms with Crippen LogP contribution in [0.1, 0.15) is 18.4 Å². The van der Waals surface area contributed by atoms with Crippen LogP contribution in [0.4, 0.5) is 0 Å². The molecule has 0 N–H and O–H groups in total. The summed E-state index contributed by atoms with van der Waals surface area (Å²) in [4.78, 5) is 5.17. The molecule has 0 amide bonds. The third-order valence-electron chi connectivity index (χ3n) is 2.07. The molecule has 1 aromatic carbocycles. The molecular weight excluding hydrogens is 178 g/mol. The van der Waals surface area contributed by atoms with Crippen molar-refractivity contribution in [1.82, 2.24) is 0 Å².